The Morgan fingerprint density at radius 3 is 2.16 bits per heavy atom. The highest BCUT2D eigenvalue weighted by Gasteiger charge is 2.42. The van der Waals surface area contributed by atoms with Gasteiger partial charge in [-0.25, -0.2) is 0 Å². The molecule has 0 radical (unpaired) electrons. The predicted octanol–water partition coefficient (Wildman–Crippen LogP) is 3.70. The predicted molar refractivity (Wildman–Crippen MR) is 122 cm³/mol. The number of anilines is 1. The number of fused-ring (bicyclic) bond motifs is 1. The monoisotopic (exact) mass is 435 g/mol. The van der Waals surface area contributed by atoms with Gasteiger partial charge < -0.3 is 10.2 Å². The van der Waals surface area contributed by atoms with Gasteiger partial charge in [-0.3, -0.25) is 24.1 Å². The van der Waals surface area contributed by atoms with Gasteiger partial charge in [0.25, 0.3) is 11.8 Å². The summed E-state index contributed by atoms with van der Waals surface area (Å²) in [6.45, 7) is 8.34. The molecule has 0 aromatic heterocycles. The Balaban J connectivity index is 1.82. The first-order chi connectivity index (χ1) is 15.2. The van der Waals surface area contributed by atoms with E-state index in [0.29, 0.717) is 36.3 Å². The van der Waals surface area contributed by atoms with Crippen LogP contribution in [0.25, 0.3) is 0 Å². The van der Waals surface area contributed by atoms with Crippen molar-refractivity contribution >= 4 is 29.3 Å². The third-order valence-electron chi connectivity index (χ3n) is 5.53. The van der Waals surface area contributed by atoms with Crippen molar-refractivity contribution in [2.75, 3.05) is 11.9 Å². The van der Waals surface area contributed by atoms with Crippen molar-refractivity contribution in [3.63, 3.8) is 0 Å². The van der Waals surface area contributed by atoms with Crippen molar-refractivity contribution in [1.29, 1.82) is 0 Å². The molecule has 2 aromatic rings. The molecule has 2 aromatic carbocycles. The van der Waals surface area contributed by atoms with Crippen LogP contribution in [0.5, 0.6) is 0 Å². The molecule has 1 unspecified atom stereocenters. The summed E-state index contributed by atoms with van der Waals surface area (Å²) < 4.78 is 0. The van der Waals surface area contributed by atoms with Crippen LogP contribution in [0.1, 0.15) is 60.4 Å². The Labute approximate surface area is 188 Å². The second-order valence-corrected chi connectivity index (χ2v) is 8.39. The van der Waals surface area contributed by atoms with Gasteiger partial charge in [0.05, 0.1) is 11.1 Å². The van der Waals surface area contributed by atoms with E-state index in [-0.39, 0.29) is 11.8 Å². The number of amides is 4. The Morgan fingerprint density at radius 1 is 1.00 bits per heavy atom. The first kappa shape index (κ1) is 23.2. The summed E-state index contributed by atoms with van der Waals surface area (Å²) >= 11 is 0. The fourth-order valence-electron chi connectivity index (χ4n) is 3.91. The highest BCUT2D eigenvalue weighted by Crippen LogP contribution is 2.27. The van der Waals surface area contributed by atoms with Gasteiger partial charge in [0, 0.05) is 25.7 Å². The van der Waals surface area contributed by atoms with E-state index in [1.807, 2.05) is 26.8 Å². The van der Waals surface area contributed by atoms with Crippen LogP contribution in [-0.2, 0) is 16.1 Å². The van der Waals surface area contributed by atoms with Gasteiger partial charge >= 0.3 is 0 Å². The second kappa shape index (κ2) is 9.77. The van der Waals surface area contributed by atoms with Crippen molar-refractivity contribution < 1.29 is 19.2 Å². The first-order valence-corrected chi connectivity index (χ1v) is 10.8. The van der Waals surface area contributed by atoms with E-state index in [2.05, 4.69) is 5.32 Å². The summed E-state index contributed by atoms with van der Waals surface area (Å²) in [5.41, 5.74) is 2.08. The molecule has 1 aliphatic rings. The lowest BCUT2D eigenvalue weighted by Gasteiger charge is -2.27. The molecule has 0 saturated heterocycles. The molecule has 7 nitrogen and oxygen atoms in total. The van der Waals surface area contributed by atoms with Crippen LogP contribution in [0.2, 0.25) is 0 Å². The number of carbonyl (C=O) groups excluding carboxylic acids is 4. The molecular weight excluding hydrogens is 406 g/mol. The molecule has 0 spiro atoms. The molecule has 1 N–H and O–H groups in total. The average Bonchev–Trinajstić information content (AvgIpc) is 3.00. The minimum Gasteiger partial charge on any atom is -0.339 e. The third-order valence-corrected chi connectivity index (χ3v) is 5.53. The molecule has 0 bridgehead atoms. The van der Waals surface area contributed by atoms with Crippen molar-refractivity contribution in [3.8, 4) is 0 Å². The van der Waals surface area contributed by atoms with Crippen LogP contribution in [0.4, 0.5) is 5.69 Å². The van der Waals surface area contributed by atoms with Crippen molar-refractivity contribution in [3.05, 3.63) is 65.2 Å². The van der Waals surface area contributed by atoms with Crippen LogP contribution < -0.4 is 5.32 Å². The maximum Gasteiger partial charge on any atom is 0.262 e. The summed E-state index contributed by atoms with van der Waals surface area (Å²) in [4.78, 5) is 53.6. The maximum atomic E-state index is 13.3. The summed E-state index contributed by atoms with van der Waals surface area (Å²) in [5, 5.41) is 2.86. The quantitative estimate of drug-likeness (QED) is 0.641. The van der Waals surface area contributed by atoms with E-state index in [4.69, 9.17) is 0 Å². The number of hydrogen-bond donors (Lipinski definition) is 1. The first-order valence-electron chi connectivity index (χ1n) is 10.8. The van der Waals surface area contributed by atoms with Gasteiger partial charge in [-0.2, -0.15) is 0 Å². The minimum atomic E-state index is -0.921. The van der Waals surface area contributed by atoms with Crippen molar-refractivity contribution in [2.45, 2.75) is 46.7 Å². The number of nitrogens with one attached hydrogen (secondary N) is 1. The molecule has 1 atom stereocenters. The molecule has 4 amide bonds. The lowest BCUT2D eigenvalue weighted by molar-refractivity contribution is -0.129. The summed E-state index contributed by atoms with van der Waals surface area (Å²) in [7, 11) is 0. The summed E-state index contributed by atoms with van der Waals surface area (Å²) in [6, 6.07) is 13.0. The number of carbonyl (C=O) groups is 4. The van der Waals surface area contributed by atoms with Crippen LogP contribution in [0, 0.1) is 5.92 Å². The second-order valence-electron chi connectivity index (χ2n) is 8.39. The number of nitrogens with zero attached hydrogens (tertiary/aromatic N) is 2. The van der Waals surface area contributed by atoms with Gasteiger partial charge in [-0.15, -0.1) is 0 Å². The molecule has 168 valence electrons. The molecule has 3 rings (SSSR count). The van der Waals surface area contributed by atoms with Crippen LogP contribution in [-0.4, -0.2) is 46.0 Å². The van der Waals surface area contributed by atoms with Gasteiger partial charge in [0.1, 0.15) is 6.04 Å². The Morgan fingerprint density at radius 2 is 1.62 bits per heavy atom. The lowest BCUT2D eigenvalue weighted by atomic mass is 10.0. The van der Waals surface area contributed by atoms with E-state index in [0.717, 1.165) is 10.5 Å². The van der Waals surface area contributed by atoms with E-state index < -0.39 is 23.8 Å². The van der Waals surface area contributed by atoms with Crippen LogP contribution in [0.3, 0.4) is 0 Å². The molecule has 1 aliphatic heterocycles. The third kappa shape index (κ3) is 4.88. The van der Waals surface area contributed by atoms with E-state index in [1.54, 1.807) is 47.4 Å². The Kier molecular flexibility index (Phi) is 7.08. The highest BCUT2D eigenvalue weighted by molar-refractivity contribution is 6.23. The Bertz CT molecular complexity index is 1010. The standard InChI is InChI=1S/C25H29N3O4/c1-5-27(17(4)29)15-18-9-8-10-19(14-18)26-23(30)22(13-16(2)3)28-24(31)20-11-6-7-12-21(20)25(28)32/h6-12,14,16,22H,5,13,15H2,1-4H3,(H,26,30). The molecule has 0 aliphatic carbocycles. The zero-order valence-electron chi connectivity index (χ0n) is 18.9. The molecule has 1 heterocycles. The van der Waals surface area contributed by atoms with Gasteiger partial charge in [-0.05, 0) is 49.1 Å². The number of rotatable bonds is 8. The SMILES string of the molecule is CCN(Cc1cccc(NC(=O)C(CC(C)C)N2C(=O)c3ccccc3C2=O)c1)C(C)=O. The maximum absolute atomic E-state index is 13.3. The normalized spacial score (nSPS) is 13.8. The zero-order chi connectivity index (χ0) is 23.4. The number of benzene rings is 2. The fourth-order valence-corrected chi connectivity index (χ4v) is 3.91. The van der Waals surface area contributed by atoms with Gasteiger partial charge in [-0.1, -0.05) is 38.1 Å². The lowest BCUT2D eigenvalue weighted by Crippen LogP contribution is -2.47. The smallest absolute Gasteiger partial charge is 0.262 e. The molecular formula is C25H29N3O4. The Hall–Kier alpha value is -3.48. The van der Waals surface area contributed by atoms with E-state index in [9.17, 15) is 19.2 Å². The molecule has 7 heteroatoms. The average molecular weight is 436 g/mol. The van der Waals surface area contributed by atoms with Crippen molar-refractivity contribution in [2.24, 2.45) is 5.92 Å². The minimum absolute atomic E-state index is 0.0236. The number of hydrogen-bond acceptors (Lipinski definition) is 4. The largest absolute Gasteiger partial charge is 0.339 e. The zero-order valence-corrected chi connectivity index (χ0v) is 18.9. The highest BCUT2D eigenvalue weighted by atomic mass is 16.2. The molecule has 0 fully saturated rings. The molecule has 32 heavy (non-hydrogen) atoms. The van der Waals surface area contributed by atoms with Gasteiger partial charge in [0.15, 0.2) is 0 Å². The summed E-state index contributed by atoms with van der Waals surface area (Å²) in [6.07, 6.45) is 0.352. The van der Waals surface area contributed by atoms with E-state index in [1.165, 1.54) is 6.92 Å². The summed E-state index contributed by atoms with van der Waals surface area (Å²) in [5.74, 6) is -1.23. The fraction of sp³-hybridized carbons (Fsp3) is 0.360. The topological polar surface area (TPSA) is 86.8 Å². The van der Waals surface area contributed by atoms with Gasteiger partial charge in [0.2, 0.25) is 11.8 Å². The van der Waals surface area contributed by atoms with E-state index >= 15 is 0 Å². The van der Waals surface area contributed by atoms with Crippen molar-refractivity contribution in [1.82, 2.24) is 9.80 Å². The number of imide groups is 1. The van der Waals surface area contributed by atoms with Crippen LogP contribution >= 0.6 is 0 Å². The molecule has 0 saturated carbocycles. The van der Waals surface area contributed by atoms with Crippen LogP contribution in [0.15, 0.2) is 48.5 Å².